The molecule has 2 fully saturated rings. The monoisotopic (exact) mass is 273 g/mol. The van der Waals surface area contributed by atoms with Crippen LogP contribution < -0.4 is 5.73 Å². The Morgan fingerprint density at radius 1 is 1.28 bits per heavy atom. The predicted molar refractivity (Wildman–Crippen MR) is 70.9 cm³/mol. The zero-order chi connectivity index (χ0) is 13.4. The zero-order valence-electron chi connectivity index (χ0n) is 11.0. The van der Waals surface area contributed by atoms with E-state index < -0.39 is 9.84 Å². The van der Waals surface area contributed by atoms with Crippen LogP contribution in [0, 0.1) is 11.3 Å². The summed E-state index contributed by atoms with van der Waals surface area (Å²) < 4.78 is 23.2. The van der Waals surface area contributed by atoms with Crippen molar-refractivity contribution in [3.05, 3.63) is 0 Å². The summed E-state index contributed by atoms with van der Waals surface area (Å²) in [6.07, 6.45) is 7.04. The predicted octanol–water partition coefficient (Wildman–Crippen LogP) is 1.29. The third-order valence-electron chi connectivity index (χ3n) is 4.83. The largest absolute Gasteiger partial charge is 0.329 e. The second kappa shape index (κ2) is 4.93. The summed E-state index contributed by atoms with van der Waals surface area (Å²) in [5.41, 5.74) is 5.44. The highest BCUT2D eigenvalue weighted by Gasteiger charge is 2.46. The van der Waals surface area contributed by atoms with Gasteiger partial charge in [0.15, 0.2) is 0 Å². The number of Topliss-reactive ketones (excluding diaryl/α,β-unsaturated/α-hetero) is 1. The molecule has 0 amide bonds. The van der Waals surface area contributed by atoms with E-state index in [1.807, 2.05) is 0 Å². The van der Waals surface area contributed by atoms with Crippen LogP contribution in [-0.4, -0.2) is 32.3 Å². The maximum Gasteiger partial charge on any atom is 0.150 e. The molecule has 0 aromatic carbocycles. The smallest absolute Gasteiger partial charge is 0.150 e. The molecule has 0 heterocycles. The summed E-state index contributed by atoms with van der Waals surface area (Å²) in [7, 11) is -3.02. The lowest BCUT2D eigenvalue weighted by atomic mass is 9.62. The second-order valence-corrected chi connectivity index (χ2v) is 8.34. The number of rotatable bonds is 4. The van der Waals surface area contributed by atoms with E-state index in [9.17, 15) is 13.2 Å². The molecule has 2 aliphatic carbocycles. The highest BCUT2D eigenvalue weighted by molar-refractivity contribution is 7.91. The van der Waals surface area contributed by atoms with Gasteiger partial charge in [0, 0.05) is 24.1 Å². The lowest BCUT2D eigenvalue weighted by molar-refractivity contribution is -0.138. The summed E-state index contributed by atoms with van der Waals surface area (Å²) in [5, 5.41) is -0.324. The fraction of sp³-hybridized carbons (Fsp3) is 0.923. The van der Waals surface area contributed by atoms with Crippen LogP contribution in [0.4, 0.5) is 0 Å². The Morgan fingerprint density at radius 3 is 2.39 bits per heavy atom. The van der Waals surface area contributed by atoms with Crippen molar-refractivity contribution in [1.82, 2.24) is 0 Å². The zero-order valence-corrected chi connectivity index (χ0v) is 11.8. The van der Waals surface area contributed by atoms with Crippen molar-refractivity contribution in [3.8, 4) is 0 Å². The van der Waals surface area contributed by atoms with Crippen molar-refractivity contribution in [1.29, 1.82) is 0 Å². The van der Waals surface area contributed by atoms with Crippen molar-refractivity contribution in [3.63, 3.8) is 0 Å². The van der Waals surface area contributed by atoms with Crippen molar-refractivity contribution in [2.75, 3.05) is 12.8 Å². The number of carbonyl (C=O) groups excluding carboxylic acids is 1. The third-order valence-corrected chi connectivity index (χ3v) is 6.47. The van der Waals surface area contributed by atoms with Gasteiger partial charge in [-0.1, -0.05) is 12.8 Å². The van der Waals surface area contributed by atoms with Crippen LogP contribution in [0.5, 0.6) is 0 Å². The minimum atomic E-state index is -3.02. The van der Waals surface area contributed by atoms with Gasteiger partial charge in [0.2, 0.25) is 0 Å². The molecule has 0 spiro atoms. The van der Waals surface area contributed by atoms with Crippen LogP contribution in [0.15, 0.2) is 0 Å². The van der Waals surface area contributed by atoms with Crippen LogP contribution in [0.1, 0.15) is 44.9 Å². The van der Waals surface area contributed by atoms with Gasteiger partial charge in [-0.3, -0.25) is 4.79 Å². The van der Waals surface area contributed by atoms with Gasteiger partial charge in [-0.05, 0) is 32.1 Å². The number of ketones is 1. The SMILES string of the molecule is CS(=O)(=O)C1CCCC(C(=O)C2(CN)CCC2)C1. The molecular weight excluding hydrogens is 250 g/mol. The fourth-order valence-corrected chi connectivity index (χ4v) is 4.54. The molecule has 5 heteroatoms. The number of sulfone groups is 1. The molecule has 0 aromatic heterocycles. The number of hydrogen-bond acceptors (Lipinski definition) is 4. The first-order valence-electron chi connectivity index (χ1n) is 6.82. The van der Waals surface area contributed by atoms with E-state index in [1.54, 1.807) is 0 Å². The number of nitrogens with two attached hydrogens (primary N) is 1. The molecule has 2 unspecified atom stereocenters. The summed E-state index contributed by atoms with van der Waals surface area (Å²) in [5.74, 6) is 0.159. The fourth-order valence-electron chi connectivity index (χ4n) is 3.36. The van der Waals surface area contributed by atoms with Gasteiger partial charge in [0.05, 0.1) is 5.25 Å². The standard InChI is InChI=1S/C13H23NO3S/c1-18(16,17)11-5-2-4-10(8-11)12(15)13(9-14)6-3-7-13/h10-11H,2-9,14H2,1H3. The molecule has 18 heavy (non-hydrogen) atoms. The molecule has 2 saturated carbocycles. The molecule has 0 aromatic rings. The van der Waals surface area contributed by atoms with Crippen molar-refractivity contribution in [2.24, 2.45) is 17.1 Å². The van der Waals surface area contributed by atoms with Gasteiger partial charge in [-0.2, -0.15) is 0 Å². The normalized spacial score (nSPS) is 31.7. The average molecular weight is 273 g/mol. The molecule has 0 saturated heterocycles. The Morgan fingerprint density at radius 2 is 1.94 bits per heavy atom. The van der Waals surface area contributed by atoms with E-state index in [0.717, 1.165) is 32.1 Å². The summed E-state index contributed by atoms with van der Waals surface area (Å²) in [6.45, 7) is 0.422. The van der Waals surface area contributed by atoms with Crippen LogP contribution in [0.25, 0.3) is 0 Å². The Labute approximate surface area is 109 Å². The van der Waals surface area contributed by atoms with E-state index >= 15 is 0 Å². The second-order valence-electron chi connectivity index (χ2n) is 6.02. The van der Waals surface area contributed by atoms with Crippen molar-refractivity contribution < 1.29 is 13.2 Å². The first-order chi connectivity index (χ1) is 8.39. The number of carbonyl (C=O) groups is 1. The van der Waals surface area contributed by atoms with Crippen LogP contribution in [-0.2, 0) is 14.6 Å². The average Bonchev–Trinajstić information content (AvgIpc) is 2.27. The van der Waals surface area contributed by atoms with Gasteiger partial charge in [-0.25, -0.2) is 8.42 Å². The highest BCUT2D eigenvalue weighted by Crippen LogP contribution is 2.45. The van der Waals surface area contributed by atoms with Crippen LogP contribution in [0.2, 0.25) is 0 Å². The van der Waals surface area contributed by atoms with E-state index in [0.29, 0.717) is 19.4 Å². The maximum atomic E-state index is 12.5. The molecular formula is C13H23NO3S. The maximum absolute atomic E-state index is 12.5. The molecule has 2 atom stereocenters. The Bertz CT molecular complexity index is 420. The topological polar surface area (TPSA) is 77.2 Å². The van der Waals surface area contributed by atoms with Gasteiger partial charge >= 0.3 is 0 Å². The van der Waals surface area contributed by atoms with E-state index in [4.69, 9.17) is 5.73 Å². The van der Waals surface area contributed by atoms with Gasteiger partial charge in [0.25, 0.3) is 0 Å². The van der Waals surface area contributed by atoms with E-state index in [2.05, 4.69) is 0 Å². The summed E-state index contributed by atoms with van der Waals surface area (Å²) in [6, 6.07) is 0. The molecule has 0 aliphatic heterocycles. The molecule has 2 aliphatic rings. The number of hydrogen-bond donors (Lipinski definition) is 1. The van der Waals surface area contributed by atoms with Crippen molar-refractivity contribution >= 4 is 15.6 Å². The summed E-state index contributed by atoms with van der Waals surface area (Å²) in [4.78, 5) is 12.5. The summed E-state index contributed by atoms with van der Waals surface area (Å²) >= 11 is 0. The quantitative estimate of drug-likeness (QED) is 0.837. The van der Waals surface area contributed by atoms with Gasteiger partial charge in [-0.15, -0.1) is 0 Å². The molecule has 104 valence electrons. The van der Waals surface area contributed by atoms with Gasteiger partial charge in [0.1, 0.15) is 15.6 Å². The Hall–Kier alpha value is -0.420. The molecule has 4 nitrogen and oxygen atoms in total. The molecule has 0 radical (unpaired) electrons. The van der Waals surface area contributed by atoms with E-state index in [-0.39, 0.29) is 22.4 Å². The Kier molecular flexibility index (Phi) is 3.83. The van der Waals surface area contributed by atoms with Crippen molar-refractivity contribution in [2.45, 2.75) is 50.2 Å². The Balaban J connectivity index is 2.07. The molecule has 2 N–H and O–H groups in total. The first-order valence-corrected chi connectivity index (χ1v) is 8.78. The minimum Gasteiger partial charge on any atom is -0.329 e. The minimum absolute atomic E-state index is 0.0812. The van der Waals surface area contributed by atoms with Crippen LogP contribution >= 0.6 is 0 Å². The lowest BCUT2D eigenvalue weighted by Crippen LogP contribution is -2.48. The van der Waals surface area contributed by atoms with Crippen LogP contribution in [0.3, 0.4) is 0 Å². The van der Waals surface area contributed by atoms with E-state index in [1.165, 1.54) is 6.26 Å². The first kappa shape index (κ1) is 14.0. The lowest BCUT2D eigenvalue weighted by Gasteiger charge is -2.43. The molecule has 0 bridgehead atoms. The highest BCUT2D eigenvalue weighted by atomic mass is 32.2. The van der Waals surface area contributed by atoms with Gasteiger partial charge < -0.3 is 5.73 Å². The third kappa shape index (κ3) is 2.48. The molecule has 2 rings (SSSR count).